The van der Waals surface area contributed by atoms with Crippen molar-refractivity contribution in [2.24, 2.45) is 5.41 Å². The summed E-state index contributed by atoms with van der Waals surface area (Å²) in [7, 11) is 0. The summed E-state index contributed by atoms with van der Waals surface area (Å²) in [5.41, 5.74) is -0.524. The van der Waals surface area contributed by atoms with Crippen molar-refractivity contribution in [2.45, 2.75) is 98.0 Å². The molecule has 0 aromatic rings. The van der Waals surface area contributed by atoms with E-state index in [1.165, 1.54) is 51.4 Å². The van der Waals surface area contributed by atoms with Crippen LogP contribution in [-0.4, -0.2) is 10.7 Å². The Morgan fingerprint density at radius 2 is 1.12 bits per heavy atom. The van der Waals surface area contributed by atoms with E-state index in [0.717, 1.165) is 6.42 Å². The lowest BCUT2D eigenvalue weighted by Crippen LogP contribution is -2.38. The summed E-state index contributed by atoms with van der Waals surface area (Å²) < 4.78 is 0. The highest BCUT2D eigenvalue weighted by Gasteiger charge is 2.33. The third-order valence-corrected chi connectivity index (χ3v) is 4.31. The predicted octanol–water partition coefficient (Wildman–Crippen LogP) is 5.31. The summed E-state index contributed by atoms with van der Waals surface area (Å²) in [4.78, 5) is 0. The molecular weight excluding hydrogens is 208 g/mol. The van der Waals surface area contributed by atoms with Crippen molar-refractivity contribution in [1.29, 1.82) is 0 Å². The van der Waals surface area contributed by atoms with Gasteiger partial charge in [0.05, 0.1) is 5.60 Å². The molecule has 0 aliphatic heterocycles. The van der Waals surface area contributed by atoms with Gasteiger partial charge in [-0.25, -0.2) is 0 Å². The lowest BCUT2D eigenvalue weighted by molar-refractivity contribution is -0.0405. The van der Waals surface area contributed by atoms with Gasteiger partial charge < -0.3 is 5.11 Å². The molecule has 1 N–H and O–H groups in total. The minimum Gasteiger partial charge on any atom is -0.390 e. The Labute approximate surface area is 109 Å². The largest absolute Gasteiger partial charge is 0.390 e. The van der Waals surface area contributed by atoms with Crippen LogP contribution in [0.1, 0.15) is 92.4 Å². The molecule has 0 atom stereocenters. The molecule has 0 aromatic heterocycles. The van der Waals surface area contributed by atoms with Crippen LogP contribution >= 0.6 is 0 Å². The summed E-state index contributed by atoms with van der Waals surface area (Å²) in [5, 5.41) is 10.0. The van der Waals surface area contributed by atoms with Gasteiger partial charge in [-0.15, -0.1) is 0 Å². The van der Waals surface area contributed by atoms with Crippen molar-refractivity contribution in [1.82, 2.24) is 0 Å². The average Bonchev–Trinajstić information content (AvgIpc) is 2.20. The first-order chi connectivity index (χ1) is 7.81. The second-order valence-corrected chi connectivity index (χ2v) is 6.67. The van der Waals surface area contributed by atoms with Crippen LogP contribution in [0.5, 0.6) is 0 Å². The molecule has 17 heavy (non-hydrogen) atoms. The number of unbranched alkanes of at least 4 members (excludes halogenated alkanes) is 7. The molecule has 0 saturated heterocycles. The highest BCUT2D eigenvalue weighted by molar-refractivity contribution is 4.85. The van der Waals surface area contributed by atoms with E-state index in [2.05, 4.69) is 20.8 Å². The Bertz CT molecular complexity index is 176. The van der Waals surface area contributed by atoms with Crippen LogP contribution in [0.15, 0.2) is 0 Å². The first-order valence-corrected chi connectivity index (χ1v) is 7.53. The summed E-state index contributed by atoms with van der Waals surface area (Å²) in [6.07, 6.45) is 12.0. The molecule has 0 aromatic carbocycles. The minimum atomic E-state index is -0.561. The lowest BCUT2D eigenvalue weighted by Gasteiger charge is -2.37. The second-order valence-electron chi connectivity index (χ2n) is 6.67. The normalized spacial score (nSPS) is 13.1. The molecule has 0 bridgehead atoms. The highest BCUT2D eigenvalue weighted by atomic mass is 16.3. The molecular formula is C16H34O. The van der Waals surface area contributed by atoms with Gasteiger partial charge in [0.25, 0.3) is 0 Å². The van der Waals surface area contributed by atoms with Gasteiger partial charge in [0, 0.05) is 0 Å². The fourth-order valence-electron chi connectivity index (χ4n) is 2.01. The van der Waals surface area contributed by atoms with Crippen LogP contribution in [0, 0.1) is 5.41 Å². The molecule has 1 nitrogen and oxygen atoms in total. The van der Waals surface area contributed by atoms with E-state index < -0.39 is 5.60 Å². The quantitative estimate of drug-likeness (QED) is 0.514. The molecule has 0 heterocycles. The van der Waals surface area contributed by atoms with Crippen molar-refractivity contribution in [3.8, 4) is 0 Å². The van der Waals surface area contributed by atoms with Crippen molar-refractivity contribution < 1.29 is 5.11 Å². The second kappa shape index (κ2) is 8.13. The highest BCUT2D eigenvalue weighted by Crippen LogP contribution is 2.35. The summed E-state index contributed by atoms with van der Waals surface area (Å²) in [6, 6.07) is 0. The third kappa shape index (κ3) is 7.81. The van der Waals surface area contributed by atoms with Crippen LogP contribution in [0.2, 0.25) is 0 Å². The van der Waals surface area contributed by atoms with Crippen molar-refractivity contribution in [2.75, 3.05) is 0 Å². The zero-order valence-corrected chi connectivity index (χ0v) is 12.8. The average molecular weight is 242 g/mol. The monoisotopic (exact) mass is 242 g/mol. The zero-order chi connectivity index (χ0) is 13.4. The van der Waals surface area contributed by atoms with Crippen LogP contribution in [0.4, 0.5) is 0 Å². The molecule has 0 aliphatic carbocycles. The van der Waals surface area contributed by atoms with Crippen molar-refractivity contribution >= 4 is 0 Å². The maximum Gasteiger partial charge on any atom is 0.0642 e. The minimum absolute atomic E-state index is 0.0369. The molecule has 1 heteroatoms. The van der Waals surface area contributed by atoms with Gasteiger partial charge in [-0.05, 0) is 25.7 Å². The van der Waals surface area contributed by atoms with Crippen molar-refractivity contribution in [3.05, 3.63) is 0 Å². The van der Waals surface area contributed by atoms with E-state index in [4.69, 9.17) is 0 Å². The molecule has 104 valence electrons. The predicted molar refractivity (Wildman–Crippen MR) is 77.3 cm³/mol. The molecule has 0 fully saturated rings. The van der Waals surface area contributed by atoms with Crippen LogP contribution < -0.4 is 0 Å². The van der Waals surface area contributed by atoms with E-state index in [-0.39, 0.29) is 5.41 Å². The topological polar surface area (TPSA) is 20.2 Å². The van der Waals surface area contributed by atoms with E-state index in [1.54, 1.807) is 0 Å². The molecule has 0 rings (SSSR count). The van der Waals surface area contributed by atoms with Gasteiger partial charge in [0.1, 0.15) is 0 Å². The Balaban J connectivity index is 3.46. The molecule has 0 aliphatic rings. The van der Waals surface area contributed by atoms with E-state index in [0.29, 0.717) is 0 Å². The fourth-order valence-corrected chi connectivity index (χ4v) is 2.01. The molecule has 0 amide bonds. The van der Waals surface area contributed by atoms with Gasteiger partial charge in [0.2, 0.25) is 0 Å². The number of aliphatic hydroxyl groups is 1. The summed E-state index contributed by atoms with van der Waals surface area (Å²) in [6.45, 7) is 10.5. The van der Waals surface area contributed by atoms with Crippen molar-refractivity contribution in [3.63, 3.8) is 0 Å². The van der Waals surface area contributed by atoms with E-state index in [1.807, 2.05) is 13.8 Å². The number of hydrogen-bond acceptors (Lipinski definition) is 1. The third-order valence-electron chi connectivity index (χ3n) is 4.31. The Kier molecular flexibility index (Phi) is 8.11. The summed E-state index contributed by atoms with van der Waals surface area (Å²) >= 11 is 0. The molecule has 0 spiro atoms. The molecule has 0 saturated carbocycles. The zero-order valence-electron chi connectivity index (χ0n) is 12.8. The number of hydrogen-bond donors (Lipinski definition) is 1. The van der Waals surface area contributed by atoms with Gasteiger partial charge in [-0.2, -0.15) is 0 Å². The van der Waals surface area contributed by atoms with E-state index in [9.17, 15) is 5.11 Å². The first kappa shape index (κ1) is 17.0. The smallest absolute Gasteiger partial charge is 0.0642 e. The van der Waals surface area contributed by atoms with Crippen LogP contribution in [-0.2, 0) is 0 Å². The van der Waals surface area contributed by atoms with Crippen LogP contribution in [0.25, 0.3) is 0 Å². The number of rotatable bonds is 10. The summed E-state index contributed by atoms with van der Waals surface area (Å²) in [5.74, 6) is 0. The standard InChI is InChI=1S/C16H34O/c1-6-7-8-9-10-11-12-13-14-15(2,3)16(4,5)17/h17H,6-14H2,1-5H3. The molecule has 0 unspecified atom stereocenters. The van der Waals surface area contributed by atoms with Gasteiger partial charge >= 0.3 is 0 Å². The van der Waals surface area contributed by atoms with Gasteiger partial charge in [-0.1, -0.05) is 72.1 Å². The maximum absolute atomic E-state index is 10.0. The first-order valence-electron chi connectivity index (χ1n) is 7.53. The van der Waals surface area contributed by atoms with Gasteiger partial charge in [-0.3, -0.25) is 0 Å². The van der Waals surface area contributed by atoms with E-state index >= 15 is 0 Å². The van der Waals surface area contributed by atoms with Crippen LogP contribution in [0.3, 0.4) is 0 Å². The maximum atomic E-state index is 10.0. The molecule has 0 radical (unpaired) electrons. The Hall–Kier alpha value is -0.0400. The Morgan fingerprint density at radius 3 is 1.53 bits per heavy atom. The SMILES string of the molecule is CCCCCCCCCCC(C)(C)C(C)(C)O. The fraction of sp³-hybridized carbons (Fsp3) is 1.00. The Morgan fingerprint density at radius 1 is 0.706 bits per heavy atom. The lowest BCUT2D eigenvalue weighted by atomic mass is 9.73. The van der Waals surface area contributed by atoms with Gasteiger partial charge in [0.15, 0.2) is 0 Å².